The number of nitro groups is 1. The zero-order valence-electron chi connectivity index (χ0n) is 14.0. The Morgan fingerprint density at radius 1 is 1.15 bits per heavy atom. The van der Waals surface area contributed by atoms with E-state index in [-0.39, 0.29) is 11.3 Å². The van der Waals surface area contributed by atoms with Crippen LogP contribution in [0.25, 0.3) is 0 Å². The summed E-state index contributed by atoms with van der Waals surface area (Å²) in [5, 5.41) is 20.5. The van der Waals surface area contributed by atoms with Gasteiger partial charge in [0.25, 0.3) is 5.69 Å². The van der Waals surface area contributed by atoms with Gasteiger partial charge in [-0.05, 0) is 12.5 Å². The maximum Gasteiger partial charge on any atom is 0.321 e. The van der Waals surface area contributed by atoms with E-state index in [9.17, 15) is 28.4 Å². The molecule has 0 amide bonds. The van der Waals surface area contributed by atoms with Gasteiger partial charge in [0.05, 0.1) is 10.7 Å². The molecule has 26 heavy (non-hydrogen) atoms. The smallest absolute Gasteiger partial charge is 0.321 e. The molecule has 2 aromatic rings. The molecule has 0 saturated carbocycles. The summed E-state index contributed by atoms with van der Waals surface area (Å²) in [6.07, 6.45) is 0. The molecular weight excluding hydrogens is 360 g/mol. The van der Waals surface area contributed by atoms with Crippen molar-refractivity contribution in [2.24, 2.45) is 0 Å². The number of carboxylic acid groups (broad SMARTS) is 1. The Bertz CT molecular complexity index is 898. The maximum absolute atomic E-state index is 12.8. The summed E-state index contributed by atoms with van der Waals surface area (Å²) in [6.45, 7) is 0.833. The molecule has 0 spiro atoms. The van der Waals surface area contributed by atoms with Crippen LogP contribution < -0.4 is 0 Å². The lowest BCUT2D eigenvalue weighted by Crippen LogP contribution is -2.43. The molecule has 0 aliphatic heterocycles. The van der Waals surface area contributed by atoms with E-state index in [1.807, 2.05) is 0 Å². The molecule has 8 nitrogen and oxygen atoms in total. The first-order chi connectivity index (χ1) is 12.2. The standard InChI is InChI=1S/C17H18N2O6S/c1-13(17(20)21)18(11-15-9-5-6-10-16(15)19(22)23)26(24,25)12-14-7-3-2-4-8-14/h2-10,13H,11-12H2,1H3,(H,20,21)/t13-/m0/s1. The van der Waals surface area contributed by atoms with Crippen LogP contribution in [0.2, 0.25) is 0 Å². The maximum atomic E-state index is 12.8. The third kappa shape index (κ3) is 4.64. The molecule has 0 radical (unpaired) electrons. The number of sulfonamides is 1. The van der Waals surface area contributed by atoms with E-state index in [2.05, 4.69) is 0 Å². The fourth-order valence-corrected chi connectivity index (χ4v) is 4.14. The van der Waals surface area contributed by atoms with Gasteiger partial charge in [-0.2, -0.15) is 4.31 Å². The molecular formula is C17H18N2O6S. The highest BCUT2D eigenvalue weighted by Gasteiger charge is 2.33. The van der Waals surface area contributed by atoms with Crippen molar-refractivity contribution < 1.29 is 23.2 Å². The highest BCUT2D eigenvalue weighted by Crippen LogP contribution is 2.24. The molecule has 0 heterocycles. The summed E-state index contributed by atoms with van der Waals surface area (Å²) in [6, 6.07) is 12.6. The molecule has 9 heteroatoms. The SMILES string of the molecule is C[C@@H](C(=O)O)N(Cc1ccccc1[N+](=O)[O-])S(=O)(=O)Cc1ccccc1. The number of benzene rings is 2. The molecule has 2 aromatic carbocycles. The fourth-order valence-electron chi connectivity index (χ4n) is 2.46. The van der Waals surface area contributed by atoms with E-state index < -0.39 is 39.3 Å². The topological polar surface area (TPSA) is 118 Å². The minimum atomic E-state index is -4.03. The normalized spacial score (nSPS) is 12.7. The van der Waals surface area contributed by atoms with E-state index in [1.165, 1.54) is 31.2 Å². The van der Waals surface area contributed by atoms with E-state index in [1.54, 1.807) is 30.3 Å². The van der Waals surface area contributed by atoms with Crippen LogP contribution in [0, 0.1) is 10.1 Å². The Morgan fingerprint density at radius 3 is 2.31 bits per heavy atom. The van der Waals surface area contributed by atoms with Crippen LogP contribution >= 0.6 is 0 Å². The number of hydrogen-bond acceptors (Lipinski definition) is 5. The Labute approximate surface area is 150 Å². The van der Waals surface area contributed by atoms with Gasteiger partial charge >= 0.3 is 5.97 Å². The number of aliphatic carboxylic acids is 1. The second kappa shape index (κ2) is 8.07. The van der Waals surface area contributed by atoms with Crippen molar-refractivity contribution in [2.75, 3.05) is 0 Å². The van der Waals surface area contributed by atoms with Crippen LogP contribution in [0.3, 0.4) is 0 Å². The van der Waals surface area contributed by atoms with Crippen molar-refractivity contribution >= 4 is 21.7 Å². The van der Waals surface area contributed by atoms with Crippen molar-refractivity contribution in [3.05, 3.63) is 75.8 Å². The molecule has 0 fully saturated rings. The average molecular weight is 378 g/mol. The largest absolute Gasteiger partial charge is 0.480 e. The molecule has 1 N–H and O–H groups in total. The number of nitro benzene ring substituents is 1. The number of carbonyl (C=O) groups is 1. The Morgan fingerprint density at radius 2 is 1.73 bits per heavy atom. The number of rotatable bonds is 8. The minimum Gasteiger partial charge on any atom is -0.480 e. The van der Waals surface area contributed by atoms with Gasteiger partial charge < -0.3 is 5.11 Å². The molecule has 2 rings (SSSR count). The Kier molecular flexibility index (Phi) is 6.06. The number of carboxylic acids is 1. The van der Waals surface area contributed by atoms with Gasteiger partial charge in [-0.1, -0.05) is 48.5 Å². The van der Waals surface area contributed by atoms with E-state index in [0.717, 1.165) is 4.31 Å². The van der Waals surface area contributed by atoms with Crippen LogP contribution in [0.4, 0.5) is 5.69 Å². The van der Waals surface area contributed by atoms with E-state index in [0.29, 0.717) is 5.56 Å². The second-order valence-electron chi connectivity index (χ2n) is 5.69. The summed E-state index contributed by atoms with van der Waals surface area (Å²) in [7, 11) is -4.03. The lowest BCUT2D eigenvalue weighted by Gasteiger charge is -2.25. The van der Waals surface area contributed by atoms with Crippen LogP contribution in [0.5, 0.6) is 0 Å². The first-order valence-corrected chi connectivity index (χ1v) is 9.32. The molecule has 0 aromatic heterocycles. The molecule has 0 saturated heterocycles. The third-order valence-electron chi connectivity index (χ3n) is 3.85. The van der Waals surface area contributed by atoms with Crippen molar-refractivity contribution in [3.8, 4) is 0 Å². The summed E-state index contributed by atoms with van der Waals surface area (Å²) in [5.74, 6) is -1.73. The lowest BCUT2D eigenvalue weighted by atomic mass is 10.1. The summed E-state index contributed by atoms with van der Waals surface area (Å²) in [5.41, 5.74) is 0.366. The Balaban J connectivity index is 2.41. The van der Waals surface area contributed by atoms with E-state index in [4.69, 9.17) is 0 Å². The highest BCUT2D eigenvalue weighted by atomic mass is 32.2. The monoisotopic (exact) mass is 378 g/mol. The highest BCUT2D eigenvalue weighted by molar-refractivity contribution is 7.88. The average Bonchev–Trinajstić information content (AvgIpc) is 2.59. The van der Waals surface area contributed by atoms with Crippen molar-refractivity contribution in [3.63, 3.8) is 0 Å². The summed E-state index contributed by atoms with van der Waals surface area (Å²) < 4.78 is 26.4. The second-order valence-corrected chi connectivity index (χ2v) is 7.61. The van der Waals surface area contributed by atoms with E-state index >= 15 is 0 Å². The van der Waals surface area contributed by atoms with Gasteiger partial charge in [0, 0.05) is 18.2 Å². The number of para-hydroxylation sites is 1. The molecule has 138 valence electrons. The first kappa shape index (κ1) is 19.5. The first-order valence-electron chi connectivity index (χ1n) is 7.71. The van der Waals surface area contributed by atoms with Gasteiger partial charge in [-0.3, -0.25) is 14.9 Å². The quantitative estimate of drug-likeness (QED) is 0.557. The van der Waals surface area contributed by atoms with Crippen molar-refractivity contribution in [1.82, 2.24) is 4.31 Å². The van der Waals surface area contributed by atoms with Crippen LogP contribution in [0.1, 0.15) is 18.1 Å². The van der Waals surface area contributed by atoms with Crippen LogP contribution in [-0.2, 0) is 27.1 Å². The summed E-state index contributed by atoms with van der Waals surface area (Å²) >= 11 is 0. The number of hydrogen-bond donors (Lipinski definition) is 1. The predicted octanol–water partition coefficient (Wildman–Crippen LogP) is 2.40. The fraction of sp³-hybridized carbons (Fsp3) is 0.235. The van der Waals surface area contributed by atoms with Gasteiger partial charge in [-0.15, -0.1) is 0 Å². The molecule has 0 bridgehead atoms. The van der Waals surface area contributed by atoms with Crippen molar-refractivity contribution in [1.29, 1.82) is 0 Å². The van der Waals surface area contributed by atoms with Crippen LogP contribution in [0.15, 0.2) is 54.6 Å². The van der Waals surface area contributed by atoms with Gasteiger partial charge in [-0.25, -0.2) is 8.42 Å². The molecule has 1 atom stereocenters. The zero-order chi connectivity index (χ0) is 19.3. The van der Waals surface area contributed by atoms with Gasteiger partial charge in [0.1, 0.15) is 6.04 Å². The zero-order valence-corrected chi connectivity index (χ0v) is 14.8. The molecule has 0 unspecified atom stereocenters. The van der Waals surface area contributed by atoms with Gasteiger partial charge in [0.15, 0.2) is 0 Å². The predicted molar refractivity (Wildman–Crippen MR) is 94.8 cm³/mol. The third-order valence-corrected chi connectivity index (χ3v) is 5.71. The molecule has 0 aliphatic rings. The minimum absolute atomic E-state index is 0.127. The van der Waals surface area contributed by atoms with Gasteiger partial charge in [0.2, 0.25) is 10.0 Å². The lowest BCUT2D eigenvalue weighted by molar-refractivity contribution is -0.385. The van der Waals surface area contributed by atoms with Crippen LogP contribution in [-0.4, -0.2) is 34.8 Å². The summed E-state index contributed by atoms with van der Waals surface area (Å²) in [4.78, 5) is 22.0. The van der Waals surface area contributed by atoms with Crippen molar-refractivity contribution in [2.45, 2.75) is 25.3 Å². The number of nitrogens with zero attached hydrogens (tertiary/aromatic N) is 2. The Hall–Kier alpha value is -2.78. The molecule has 0 aliphatic carbocycles.